The van der Waals surface area contributed by atoms with Crippen LogP contribution in [0.4, 0.5) is 0 Å². The lowest BCUT2D eigenvalue weighted by molar-refractivity contribution is 0.174. The van der Waals surface area contributed by atoms with Crippen molar-refractivity contribution in [3.8, 4) is 0 Å². The van der Waals surface area contributed by atoms with Gasteiger partial charge in [-0.2, -0.15) is 0 Å². The monoisotopic (exact) mass is 242 g/mol. The Bertz CT molecular complexity index is 467. The molecule has 1 aliphatic carbocycles. The number of rotatable bonds is 3. The summed E-state index contributed by atoms with van der Waals surface area (Å²) in [6.45, 7) is 15.9. The van der Waals surface area contributed by atoms with Crippen molar-refractivity contribution in [1.29, 1.82) is 0 Å². The van der Waals surface area contributed by atoms with Gasteiger partial charge in [-0.25, -0.2) is 0 Å². The summed E-state index contributed by atoms with van der Waals surface area (Å²) in [6.07, 6.45) is 2.40. The van der Waals surface area contributed by atoms with Gasteiger partial charge >= 0.3 is 0 Å². The normalized spacial score (nSPS) is 26.7. The average Bonchev–Trinajstić information content (AvgIpc) is 2.47. The molecule has 0 aromatic heterocycles. The molecule has 0 spiro atoms. The first-order chi connectivity index (χ1) is 8.28. The van der Waals surface area contributed by atoms with Crippen LogP contribution in [0.3, 0.4) is 0 Å². The lowest BCUT2D eigenvalue weighted by Gasteiger charge is -2.41. The minimum absolute atomic E-state index is 0.266. The van der Waals surface area contributed by atoms with E-state index in [1.165, 1.54) is 18.4 Å². The molecule has 98 valence electrons. The molecule has 0 nitrogen and oxygen atoms in total. The fraction of sp³-hybridized carbons (Fsp3) is 0.556. The van der Waals surface area contributed by atoms with Crippen LogP contribution >= 0.6 is 0 Å². The molecule has 0 saturated carbocycles. The standard InChI is InChI=1S/C18H26/c1-13(2)14(3)11-18(6)16-10-8-7-9-15(16)12-17(18,4)5/h7-10,14H,1,11-12H2,2-6H3. The molecular formula is C18H26. The number of allylic oxidation sites excluding steroid dienone is 1. The van der Waals surface area contributed by atoms with E-state index in [1.807, 2.05) is 0 Å². The van der Waals surface area contributed by atoms with Gasteiger partial charge in [0.25, 0.3) is 0 Å². The molecule has 0 fully saturated rings. The summed E-state index contributed by atoms with van der Waals surface area (Å²) in [6, 6.07) is 8.98. The first-order valence-corrected chi connectivity index (χ1v) is 7.02. The average molecular weight is 242 g/mol. The van der Waals surface area contributed by atoms with Crippen LogP contribution in [-0.2, 0) is 11.8 Å². The number of fused-ring (bicyclic) bond motifs is 1. The van der Waals surface area contributed by atoms with Gasteiger partial charge in [0.1, 0.15) is 0 Å². The van der Waals surface area contributed by atoms with Crippen LogP contribution in [0, 0.1) is 11.3 Å². The predicted octanol–water partition coefficient (Wildman–Crippen LogP) is 5.13. The van der Waals surface area contributed by atoms with Crippen molar-refractivity contribution in [2.75, 3.05) is 0 Å². The van der Waals surface area contributed by atoms with Crippen molar-refractivity contribution in [3.05, 3.63) is 47.5 Å². The molecule has 0 radical (unpaired) electrons. The zero-order valence-corrected chi connectivity index (χ0v) is 12.5. The van der Waals surface area contributed by atoms with Crippen LogP contribution < -0.4 is 0 Å². The first kappa shape index (κ1) is 13.4. The maximum absolute atomic E-state index is 4.13. The summed E-state index contributed by atoms with van der Waals surface area (Å²) < 4.78 is 0. The quantitative estimate of drug-likeness (QED) is 0.645. The van der Waals surface area contributed by atoms with Gasteiger partial charge in [-0.15, -0.1) is 0 Å². The molecule has 1 aromatic carbocycles. The molecule has 0 amide bonds. The van der Waals surface area contributed by atoms with Crippen LogP contribution in [0.15, 0.2) is 36.4 Å². The summed E-state index contributed by atoms with van der Waals surface area (Å²) in [5.74, 6) is 0.584. The van der Waals surface area contributed by atoms with Gasteiger partial charge in [-0.05, 0) is 47.6 Å². The zero-order valence-electron chi connectivity index (χ0n) is 12.5. The number of hydrogen-bond acceptors (Lipinski definition) is 0. The molecule has 2 atom stereocenters. The molecule has 18 heavy (non-hydrogen) atoms. The fourth-order valence-corrected chi connectivity index (χ4v) is 3.42. The second kappa shape index (κ2) is 4.26. The van der Waals surface area contributed by atoms with Gasteiger partial charge in [0.05, 0.1) is 0 Å². The number of hydrogen-bond donors (Lipinski definition) is 0. The van der Waals surface area contributed by atoms with Gasteiger partial charge in [0.2, 0.25) is 0 Å². The van der Waals surface area contributed by atoms with E-state index in [4.69, 9.17) is 0 Å². The third-order valence-corrected chi connectivity index (χ3v) is 5.29. The molecule has 0 saturated heterocycles. The highest BCUT2D eigenvalue weighted by molar-refractivity contribution is 5.42. The van der Waals surface area contributed by atoms with Crippen molar-refractivity contribution in [3.63, 3.8) is 0 Å². The Morgan fingerprint density at radius 2 is 1.89 bits per heavy atom. The van der Waals surface area contributed by atoms with E-state index in [0.29, 0.717) is 11.3 Å². The highest BCUT2D eigenvalue weighted by Gasteiger charge is 2.48. The summed E-state index contributed by atoms with van der Waals surface area (Å²) in [7, 11) is 0. The van der Waals surface area contributed by atoms with Crippen LogP contribution in [-0.4, -0.2) is 0 Å². The molecule has 1 aromatic rings. The second-order valence-corrected chi connectivity index (χ2v) is 7.00. The largest absolute Gasteiger partial charge is 0.0999 e. The summed E-state index contributed by atoms with van der Waals surface area (Å²) in [5, 5.41) is 0. The Morgan fingerprint density at radius 1 is 1.28 bits per heavy atom. The van der Waals surface area contributed by atoms with E-state index in [0.717, 1.165) is 0 Å². The lowest BCUT2D eigenvalue weighted by Crippen LogP contribution is -2.37. The fourth-order valence-electron chi connectivity index (χ4n) is 3.42. The summed E-state index contributed by atoms with van der Waals surface area (Å²) in [5.41, 5.74) is 5.00. The molecule has 0 aliphatic heterocycles. The second-order valence-electron chi connectivity index (χ2n) is 7.00. The Morgan fingerprint density at radius 3 is 2.50 bits per heavy atom. The van der Waals surface area contributed by atoms with E-state index in [-0.39, 0.29) is 5.41 Å². The smallest absolute Gasteiger partial charge is 0.00127 e. The molecular weight excluding hydrogens is 216 g/mol. The van der Waals surface area contributed by atoms with Crippen LogP contribution in [0.5, 0.6) is 0 Å². The zero-order chi connectivity index (χ0) is 13.6. The van der Waals surface area contributed by atoms with Gasteiger partial charge in [-0.1, -0.05) is 64.1 Å². The van der Waals surface area contributed by atoms with E-state index in [2.05, 4.69) is 65.5 Å². The van der Waals surface area contributed by atoms with Gasteiger partial charge in [-0.3, -0.25) is 0 Å². The van der Waals surface area contributed by atoms with E-state index in [9.17, 15) is 0 Å². The van der Waals surface area contributed by atoms with Crippen LogP contribution in [0.25, 0.3) is 0 Å². The SMILES string of the molecule is C=C(C)C(C)CC1(C)c2ccccc2CC1(C)C. The maximum Gasteiger partial charge on any atom is -0.00127 e. The topological polar surface area (TPSA) is 0 Å². The van der Waals surface area contributed by atoms with Crippen LogP contribution in [0.2, 0.25) is 0 Å². The number of benzene rings is 1. The third kappa shape index (κ3) is 1.92. The highest BCUT2D eigenvalue weighted by atomic mass is 14.5. The van der Waals surface area contributed by atoms with Crippen molar-refractivity contribution in [1.82, 2.24) is 0 Å². The van der Waals surface area contributed by atoms with Gasteiger partial charge in [0, 0.05) is 0 Å². The van der Waals surface area contributed by atoms with Crippen molar-refractivity contribution < 1.29 is 0 Å². The Kier molecular flexibility index (Phi) is 3.17. The first-order valence-electron chi connectivity index (χ1n) is 7.02. The van der Waals surface area contributed by atoms with Crippen molar-refractivity contribution >= 4 is 0 Å². The van der Waals surface area contributed by atoms with E-state index >= 15 is 0 Å². The van der Waals surface area contributed by atoms with Crippen LogP contribution in [0.1, 0.15) is 52.2 Å². The molecule has 2 unspecified atom stereocenters. The summed E-state index contributed by atoms with van der Waals surface area (Å²) in [4.78, 5) is 0. The summed E-state index contributed by atoms with van der Waals surface area (Å²) >= 11 is 0. The minimum Gasteiger partial charge on any atom is -0.0999 e. The molecule has 0 N–H and O–H groups in total. The Labute approximate surface area is 112 Å². The van der Waals surface area contributed by atoms with E-state index < -0.39 is 0 Å². The predicted molar refractivity (Wildman–Crippen MR) is 79.9 cm³/mol. The molecule has 2 rings (SSSR count). The molecule has 0 heteroatoms. The highest BCUT2D eigenvalue weighted by Crippen LogP contribution is 2.54. The molecule has 1 aliphatic rings. The van der Waals surface area contributed by atoms with E-state index in [1.54, 1.807) is 11.1 Å². The van der Waals surface area contributed by atoms with Gasteiger partial charge < -0.3 is 0 Å². The lowest BCUT2D eigenvalue weighted by atomic mass is 9.63. The molecule has 0 bridgehead atoms. The minimum atomic E-state index is 0.266. The third-order valence-electron chi connectivity index (χ3n) is 5.29. The maximum atomic E-state index is 4.13. The Hall–Kier alpha value is -1.04. The van der Waals surface area contributed by atoms with Crippen molar-refractivity contribution in [2.45, 2.75) is 52.9 Å². The Balaban J connectivity index is 2.43. The van der Waals surface area contributed by atoms with Gasteiger partial charge in [0.15, 0.2) is 0 Å². The van der Waals surface area contributed by atoms with Crippen molar-refractivity contribution in [2.24, 2.45) is 11.3 Å². The molecule has 0 heterocycles.